The van der Waals surface area contributed by atoms with E-state index >= 15 is 0 Å². The Labute approximate surface area is 263 Å². The van der Waals surface area contributed by atoms with Crippen molar-refractivity contribution in [2.45, 2.75) is 98.2 Å². The van der Waals surface area contributed by atoms with E-state index in [4.69, 9.17) is 18.9 Å². The molecule has 7 atom stereocenters. The average Bonchev–Trinajstić information content (AvgIpc) is 2.94. The van der Waals surface area contributed by atoms with Crippen molar-refractivity contribution in [3.63, 3.8) is 0 Å². The van der Waals surface area contributed by atoms with Crippen LogP contribution < -0.4 is 0 Å². The van der Waals surface area contributed by atoms with E-state index in [1.54, 1.807) is 26.0 Å². The summed E-state index contributed by atoms with van der Waals surface area (Å²) < 4.78 is 23.1. The molecule has 0 saturated heterocycles. The maximum Gasteiger partial charge on any atom is 0.331 e. The number of hydrogen-bond acceptors (Lipinski definition) is 10. The molecule has 1 aromatic rings. The number of fused-ring (bicyclic) bond motifs is 4. The molecule has 242 valence electrons. The molecule has 1 aromatic carbocycles. The van der Waals surface area contributed by atoms with Crippen LogP contribution in [0.5, 0.6) is 0 Å². The van der Waals surface area contributed by atoms with E-state index in [-0.39, 0.29) is 19.3 Å². The molecule has 0 amide bonds. The van der Waals surface area contributed by atoms with Crippen LogP contribution in [-0.4, -0.2) is 65.3 Å². The highest BCUT2D eigenvalue weighted by molar-refractivity contribution is 5.93. The highest BCUT2D eigenvalue weighted by Crippen LogP contribution is 2.53. The van der Waals surface area contributed by atoms with Gasteiger partial charge in [0.15, 0.2) is 5.78 Å². The number of rotatable bonds is 6. The molecule has 0 radical (unpaired) electrons. The van der Waals surface area contributed by atoms with Gasteiger partial charge in [0.2, 0.25) is 0 Å². The summed E-state index contributed by atoms with van der Waals surface area (Å²) in [6.07, 6.45) is -0.553. The zero-order valence-corrected chi connectivity index (χ0v) is 26.8. The van der Waals surface area contributed by atoms with Gasteiger partial charge in [-0.05, 0) is 66.5 Å². The van der Waals surface area contributed by atoms with E-state index in [0.717, 1.165) is 5.56 Å². The number of aliphatic hydroxyl groups excluding tert-OH is 1. The Hall–Kier alpha value is -4.05. The number of ketones is 1. The molecule has 1 fully saturated rings. The molecule has 4 bridgehead atoms. The molecule has 1 N–H and O–H groups in total. The SMILES string of the molecule is CC(=O)O[C@H]1C[C@H]2[C@@H](OC(C)=O)/C=C3\C[C@](C)(C(=O)[C@H](O)C(=C1C)C2(C)C)[C@@H](OC(C)=O)C[C@@H]3OC(=O)/C=C/c1ccccc1. The van der Waals surface area contributed by atoms with Crippen LogP contribution in [0.1, 0.15) is 73.3 Å². The van der Waals surface area contributed by atoms with Crippen LogP contribution in [0.4, 0.5) is 0 Å². The highest BCUT2D eigenvalue weighted by Gasteiger charge is 2.57. The Balaban J connectivity index is 1.88. The first-order chi connectivity index (χ1) is 21.0. The van der Waals surface area contributed by atoms with Crippen LogP contribution in [0.2, 0.25) is 0 Å². The normalized spacial score (nSPS) is 32.2. The molecule has 45 heavy (non-hydrogen) atoms. The van der Waals surface area contributed by atoms with Gasteiger partial charge in [-0.25, -0.2) is 4.79 Å². The first-order valence-electron chi connectivity index (χ1n) is 15.1. The summed E-state index contributed by atoms with van der Waals surface area (Å²) in [4.78, 5) is 64.3. The molecular formula is C35H42O10. The van der Waals surface area contributed by atoms with Crippen molar-refractivity contribution < 1.29 is 48.0 Å². The number of esters is 4. The minimum atomic E-state index is -1.64. The molecule has 10 heteroatoms. The Morgan fingerprint density at radius 1 is 0.867 bits per heavy atom. The topological polar surface area (TPSA) is 143 Å². The fraction of sp³-hybridized carbons (Fsp3) is 0.514. The zero-order valence-electron chi connectivity index (χ0n) is 26.8. The molecular weight excluding hydrogens is 580 g/mol. The van der Waals surface area contributed by atoms with Gasteiger partial charge in [-0.2, -0.15) is 0 Å². The number of aliphatic hydroxyl groups is 1. The van der Waals surface area contributed by atoms with Gasteiger partial charge >= 0.3 is 23.9 Å². The summed E-state index contributed by atoms with van der Waals surface area (Å²) in [6, 6.07) is 9.19. The summed E-state index contributed by atoms with van der Waals surface area (Å²) in [5, 5.41) is 11.8. The lowest BCUT2D eigenvalue weighted by atomic mass is 9.57. The van der Waals surface area contributed by atoms with E-state index in [1.807, 2.05) is 44.2 Å². The zero-order chi connectivity index (χ0) is 33.3. The van der Waals surface area contributed by atoms with Crippen molar-refractivity contribution in [1.29, 1.82) is 0 Å². The van der Waals surface area contributed by atoms with Gasteiger partial charge in [0.1, 0.15) is 30.5 Å². The van der Waals surface area contributed by atoms with Crippen LogP contribution in [0, 0.1) is 16.7 Å². The molecule has 0 aliphatic heterocycles. The average molecular weight is 623 g/mol. The monoisotopic (exact) mass is 622 g/mol. The van der Waals surface area contributed by atoms with Gasteiger partial charge in [0, 0.05) is 39.2 Å². The number of Topliss-reactive ketones (excluding diaryl/α,β-unsaturated/α-hetero) is 1. The van der Waals surface area contributed by atoms with Crippen molar-refractivity contribution >= 4 is 35.7 Å². The molecule has 0 aromatic heterocycles. The van der Waals surface area contributed by atoms with Crippen LogP contribution in [0.3, 0.4) is 0 Å². The fourth-order valence-corrected chi connectivity index (χ4v) is 7.19. The maximum absolute atomic E-state index is 14.4. The molecule has 3 aliphatic carbocycles. The van der Waals surface area contributed by atoms with Gasteiger partial charge in [-0.15, -0.1) is 0 Å². The Bertz CT molecular complexity index is 1450. The third kappa shape index (κ3) is 7.11. The number of carbonyl (C=O) groups excluding carboxylic acids is 5. The minimum Gasteiger partial charge on any atom is -0.461 e. The Kier molecular flexibility index (Phi) is 9.87. The molecule has 0 unspecified atom stereocenters. The summed E-state index contributed by atoms with van der Waals surface area (Å²) in [5.74, 6) is -3.51. The number of ether oxygens (including phenoxy) is 4. The molecule has 1 saturated carbocycles. The van der Waals surface area contributed by atoms with Crippen molar-refractivity contribution in [3.05, 3.63) is 64.8 Å². The van der Waals surface area contributed by atoms with E-state index in [9.17, 15) is 29.1 Å². The first kappa shape index (κ1) is 33.8. The van der Waals surface area contributed by atoms with Crippen LogP contribution in [0.25, 0.3) is 6.08 Å². The van der Waals surface area contributed by atoms with Crippen molar-refractivity contribution in [3.8, 4) is 0 Å². The van der Waals surface area contributed by atoms with Gasteiger partial charge in [0.25, 0.3) is 0 Å². The van der Waals surface area contributed by atoms with Crippen molar-refractivity contribution in [2.75, 3.05) is 0 Å². The van der Waals surface area contributed by atoms with E-state index < -0.39 is 76.9 Å². The quantitative estimate of drug-likeness (QED) is 0.209. The second-order valence-electron chi connectivity index (χ2n) is 12.9. The molecule has 10 nitrogen and oxygen atoms in total. The highest BCUT2D eigenvalue weighted by atomic mass is 16.6. The fourth-order valence-electron chi connectivity index (χ4n) is 7.19. The third-order valence-electron chi connectivity index (χ3n) is 9.37. The molecule has 0 spiro atoms. The number of benzene rings is 1. The van der Waals surface area contributed by atoms with Crippen molar-refractivity contribution in [1.82, 2.24) is 0 Å². The van der Waals surface area contributed by atoms with Gasteiger partial charge in [0.05, 0.1) is 5.41 Å². The van der Waals surface area contributed by atoms with Crippen LogP contribution in [-0.2, 0) is 42.9 Å². The van der Waals surface area contributed by atoms with Crippen LogP contribution >= 0.6 is 0 Å². The second-order valence-corrected chi connectivity index (χ2v) is 12.9. The minimum absolute atomic E-state index is 0.0359. The summed E-state index contributed by atoms with van der Waals surface area (Å²) in [7, 11) is 0. The molecule has 0 heterocycles. The van der Waals surface area contributed by atoms with Crippen molar-refractivity contribution in [2.24, 2.45) is 16.7 Å². The molecule has 3 aliphatic rings. The Morgan fingerprint density at radius 2 is 1.49 bits per heavy atom. The summed E-state index contributed by atoms with van der Waals surface area (Å²) in [5.41, 5.74) is -0.173. The number of hydrogen-bond donors (Lipinski definition) is 1. The maximum atomic E-state index is 14.4. The predicted octanol–water partition coefficient (Wildman–Crippen LogP) is 4.44. The molecule has 4 rings (SSSR count). The smallest absolute Gasteiger partial charge is 0.331 e. The Morgan fingerprint density at radius 3 is 2.09 bits per heavy atom. The lowest BCUT2D eigenvalue weighted by Gasteiger charge is -2.51. The first-order valence-corrected chi connectivity index (χ1v) is 15.1. The lowest BCUT2D eigenvalue weighted by Crippen LogP contribution is -2.56. The van der Waals surface area contributed by atoms with Crippen LogP contribution in [0.15, 0.2) is 59.2 Å². The summed E-state index contributed by atoms with van der Waals surface area (Å²) in [6.45, 7) is 10.8. The third-order valence-corrected chi connectivity index (χ3v) is 9.37. The number of carbonyl (C=O) groups is 5. The van der Waals surface area contributed by atoms with E-state index in [0.29, 0.717) is 16.7 Å². The van der Waals surface area contributed by atoms with E-state index in [1.165, 1.54) is 26.8 Å². The van der Waals surface area contributed by atoms with Gasteiger partial charge < -0.3 is 24.1 Å². The van der Waals surface area contributed by atoms with E-state index in [2.05, 4.69) is 0 Å². The van der Waals surface area contributed by atoms with Gasteiger partial charge in [-0.3, -0.25) is 19.2 Å². The largest absolute Gasteiger partial charge is 0.461 e. The van der Waals surface area contributed by atoms with Gasteiger partial charge in [-0.1, -0.05) is 44.2 Å². The predicted molar refractivity (Wildman–Crippen MR) is 163 cm³/mol. The lowest BCUT2D eigenvalue weighted by molar-refractivity contribution is -0.169. The standard InChI is InChI=1S/C35H42O10/c1-19-26(42-20(2)36)16-25-28(43-21(3)37)15-24-18-35(7,33(41)32(40)31(19)34(25,5)6)29(44-22(4)38)17-27(24)45-30(39)14-13-23-11-9-8-10-12-23/h8-15,25-29,32,40H,16-18H2,1-7H3/b14-13+,24-15+/t25-,26-,27-,28-,29-,32+,35-/m0/s1. The second kappa shape index (κ2) is 13.1. The summed E-state index contributed by atoms with van der Waals surface area (Å²) >= 11 is 0.